The number of carbonyl (C=O) groups excluding carboxylic acids is 3. The first-order valence-corrected chi connectivity index (χ1v) is 9.80. The molecule has 2 aliphatic rings. The van der Waals surface area contributed by atoms with Gasteiger partial charge < -0.3 is 10.2 Å². The second-order valence-electron chi connectivity index (χ2n) is 7.46. The van der Waals surface area contributed by atoms with E-state index in [1.165, 1.54) is 11.0 Å². The summed E-state index contributed by atoms with van der Waals surface area (Å²) in [6.45, 7) is 0.102. The summed E-state index contributed by atoms with van der Waals surface area (Å²) >= 11 is 5.97. The van der Waals surface area contributed by atoms with Crippen molar-refractivity contribution in [2.45, 2.75) is 24.9 Å². The van der Waals surface area contributed by atoms with E-state index in [9.17, 15) is 23.2 Å². The Morgan fingerprint density at radius 2 is 1.83 bits per heavy atom. The van der Waals surface area contributed by atoms with Gasteiger partial charge in [-0.05, 0) is 42.7 Å². The zero-order valence-electron chi connectivity index (χ0n) is 15.8. The summed E-state index contributed by atoms with van der Waals surface area (Å²) in [7, 11) is 0. The third kappa shape index (κ3) is 3.52. The third-order valence-corrected chi connectivity index (χ3v) is 5.67. The summed E-state index contributed by atoms with van der Waals surface area (Å²) in [5.41, 5.74) is -1.30. The standard InChI is InChI=1S/C21H18ClF2N3O3/c22-14-5-1-4-13(10-14)11-27-19(29)21(25-20(27)30)8-3-9-26(12-21)18(28)17-15(23)6-2-7-16(17)24/h1-2,4-7,10H,3,8-9,11-12H2,(H,25,30)/t21-/m1/s1. The van der Waals surface area contributed by atoms with E-state index in [4.69, 9.17) is 11.6 Å². The number of rotatable bonds is 3. The van der Waals surface area contributed by atoms with Gasteiger partial charge in [0.2, 0.25) is 0 Å². The topological polar surface area (TPSA) is 69.7 Å². The van der Waals surface area contributed by atoms with Gasteiger partial charge in [-0.25, -0.2) is 13.6 Å². The summed E-state index contributed by atoms with van der Waals surface area (Å²) in [5.74, 6) is -3.26. The van der Waals surface area contributed by atoms with Crippen molar-refractivity contribution in [3.8, 4) is 0 Å². The minimum Gasteiger partial charge on any atom is -0.336 e. The highest BCUT2D eigenvalue weighted by molar-refractivity contribution is 6.30. The van der Waals surface area contributed by atoms with Crippen LogP contribution in [0.3, 0.4) is 0 Å². The fourth-order valence-corrected chi connectivity index (χ4v) is 4.22. The Kier molecular flexibility index (Phi) is 5.19. The van der Waals surface area contributed by atoms with Crippen LogP contribution in [0.4, 0.5) is 13.6 Å². The van der Waals surface area contributed by atoms with Crippen LogP contribution in [0.5, 0.6) is 0 Å². The molecule has 30 heavy (non-hydrogen) atoms. The Morgan fingerprint density at radius 3 is 2.53 bits per heavy atom. The van der Waals surface area contributed by atoms with Crippen molar-refractivity contribution < 1.29 is 23.2 Å². The molecule has 1 spiro atoms. The van der Waals surface area contributed by atoms with Crippen LogP contribution >= 0.6 is 11.6 Å². The second-order valence-corrected chi connectivity index (χ2v) is 7.90. The smallest absolute Gasteiger partial charge is 0.325 e. The van der Waals surface area contributed by atoms with Crippen LogP contribution in [0.1, 0.15) is 28.8 Å². The van der Waals surface area contributed by atoms with Crippen LogP contribution < -0.4 is 5.32 Å². The largest absolute Gasteiger partial charge is 0.336 e. The number of amides is 4. The van der Waals surface area contributed by atoms with Crippen LogP contribution in [0, 0.1) is 11.6 Å². The number of hydrogen-bond donors (Lipinski definition) is 1. The van der Waals surface area contributed by atoms with Crippen molar-refractivity contribution >= 4 is 29.4 Å². The molecule has 0 aromatic heterocycles. The Morgan fingerprint density at radius 1 is 1.13 bits per heavy atom. The fraction of sp³-hybridized carbons (Fsp3) is 0.286. The van der Waals surface area contributed by atoms with Crippen LogP contribution in [0.2, 0.25) is 5.02 Å². The van der Waals surface area contributed by atoms with Crippen molar-refractivity contribution in [2.75, 3.05) is 13.1 Å². The van der Waals surface area contributed by atoms with Gasteiger partial charge in [-0.2, -0.15) is 0 Å². The lowest BCUT2D eigenvalue weighted by Crippen LogP contribution is -2.59. The van der Waals surface area contributed by atoms with E-state index in [0.29, 0.717) is 23.4 Å². The van der Waals surface area contributed by atoms with Gasteiger partial charge in [0.05, 0.1) is 13.1 Å². The van der Waals surface area contributed by atoms with E-state index < -0.39 is 40.6 Å². The normalized spacial score (nSPS) is 21.3. The molecule has 0 radical (unpaired) electrons. The Bertz CT molecular complexity index is 1030. The third-order valence-electron chi connectivity index (χ3n) is 5.43. The van der Waals surface area contributed by atoms with E-state index in [1.807, 2.05) is 0 Å². The van der Waals surface area contributed by atoms with Gasteiger partial charge >= 0.3 is 6.03 Å². The Labute approximate surface area is 176 Å². The average Bonchev–Trinajstić information content (AvgIpc) is 2.92. The first-order chi connectivity index (χ1) is 14.3. The van der Waals surface area contributed by atoms with Crippen molar-refractivity contribution in [3.05, 3.63) is 70.2 Å². The number of likely N-dealkylation sites (tertiary alicyclic amines) is 1. The highest BCUT2D eigenvalue weighted by atomic mass is 35.5. The lowest BCUT2D eigenvalue weighted by atomic mass is 9.88. The highest BCUT2D eigenvalue weighted by Gasteiger charge is 2.53. The Hall–Kier alpha value is -3.00. The number of halogens is 3. The number of piperidine rings is 1. The van der Waals surface area contributed by atoms with Crippen molar-refractivity contribution in [2.24, 2.45) is 0 Å². The molecule has 0 saturated carbocycles. The summed E-state index contributed by atoms with van der Waals surface area (Å²) in [6, 6.07) is 9.41. The van der Waals surface area contributed by atoms with E-state index in [-0.39, 0.29) is 19.6 Å². The second kappa shape index (κ2) is 7.68. The van der Waals surface area contributed by atoms with E-state index >= 15 is 0 Å². The molecule has 2 saturated heterocycles. The van der Waals surface area contributed by atoms with Gasteiger partial charge in [0.25, 0.3) is 11.8 Å². The summed E-state index contributed by atoms with van der Waals surface area (Å²) in [6.07, 6.45) is 0.728. The first-order valence-electron chi connectivity index (χ1n) is 9.42. The van der Waals surface area contributed by atoms with Gasteiger partial charge in [0, 0.05) is 11.6 Å². The zero-order chi connectivity index (χ0) is 21.5. The van der Waals surface area contributed by atoms with Crippen molar-refractivity contribution in [1.29, 1.82) is 0 Å². The van der Waals surface area contributed by atoms with E-state index in [1.54, 1.807) is 24.3 Å². The molecule has 2 fully saturated rings. The first kappa shape index (κ1) is 20.3. The molecule has 2 aliphatic heterocycles. The van der Waals surface area contributed by atoms with Crippen molar-refractivity contribution in [1.82, 2.24) is 15.1 Å². The molecule has 156 valence electrons. The molecule has 4 rings (SSSR count). The summed E-state index contributed by atoms with van der Waals surface area (Å²) in [5, 5.41) is 3.17. The molecular formula is C21H18ClF2N3O3. The van der Waals surface area contributed by atoms with Crippen LogP contribution in [-0.4, -0.2) is 46.3 Å². The molecule has 4 amide bonds. The van der Waals surface area contributed by atoms with Crippen molar-refractivity contribution in [3.63, 3.8) is 0 Å². The number of carbonyl (C=O) groups is 3. The predicted molar refractivity (Wildman–Crippen MR) is 105 cm³/mol. The molecule has 1 atom stereocenters. The maximum absolute atomic E-state index is 14.1. The molecule has 0 bridgehead atoms. The molecule has 0 unspecified atom stereocenters. The molecule has 9 heteroatoms. The number of benzene rings is 2. The van der Waals surface area contributed by atoms with Crippen LogP contribution in [-0.2, 0) is 11.3 Å². The maximum Gasteiger partial charge on any atom is 0.325 e. The highest BCUT2D eigenvalue weighted by Crippen LogP contribution is 2.31. The van der Waals surface area contributed by atoms with Gasteiger partial charge in [-0.3, -0.25) is 14.5 Å². The predicted octanol–water partition coefficient (Wildman–Crippen LogP) is 3.35. The molecule has 6 nitrogen and oxygen atoms in total. The van der Waals surface area contributed by atoms with Crippen LogP contribution in [0.25, 0.3) is 0 Å². The molecule has 1 N–H and O–H groups in total. The summed E-state index contributed by atoms with van der Waals surface area (Å²) in [4.78, 5) is 40.7. The SMILES string of the molecule is O=C(c1c(F)cccc1F)N1CCC[C@]2(C1)NC(=O)N(Cc1cccc(Cl)c1)C2=O. The molecule has 0 aliphatic carbocycles. The lowest BCUT2D eigenvalue weighted by molar-refractivity contribution is -0.133. The van der Waals surface area contributed by atoms with Gasteiger partial charge in [0.15, 0.2) is 0 Å². The Balaban J connectivity index is 1.56. The quantitative estimate of drug-likeness (QED) is 0.755. The fourth-order valence-electron chi connectivity index (χ4n) is 4.00. The number of urea groups is 1. The monoisotopic (exact) mass is 433 g/mol. The number of imide groups is 1. The van der Waals surface area contributed by atoms with Crippen LogP contribution in [0.15, 0.2) is 42.5 Å². The zero-order valence-corrected chi connectivity index (χ0v) is 16.6. The van der Waals surface area contributed by atoms with Gasteiger partial charge in [0.1, 0.15) is 22.7 Å². The van der Waals surface area contributed by atoms with Gasteiger partial charge in [-0.1, -0.05) is 29.8 Å². The molecule has 2 heterocycles. The molecule has 2 aromatic rings. The number of nitrogens with one attached hydrogen (secondary N) is 1. The summed E-state index contributed by atoms with van der Waals surface area (Å²) < 4.78 is 28.1. The van der Waals surface area contributed by atoms with E-state index in [0.717, 1.165) is 17.0 Å². The average molecular weight is 434 g/mol. The lowest BCUT2D eigenvalue weighted by Gasteiger charge is -2.38. The molecule has 2 aromatic carbocycles. The minimum absolute atomic E-state index is 0.0306. The number of nitrogens with zero attached hydrogens (tertiary/aromatic N) is 2. The number of hydrogen-bond acceptors (Lipinski definition) is 3. The molecular weight excluding hydrogens is 416 g/mol. The van der Waals surface area contributed by atoms with E-state index in [2.05, 4.69) is 5.32 Å². The van der Waals surface area contributed by atoms with Gasteiger partial charge in [-0.15, -0.1) is 0 Å². The minimum atomic E-state index is -1.31. The maximum atomic E-state index is 14.1.